The highest BCUT2D eigenvalue weighted by molar-refractivity contribution is 5.87. The van der Waals surface area contributed by atoms with Gasteiger partial charge in [0.1, 0.15) is 0 Å². The number of hydrogen-bond donors (Lipinski definition) is 1. The number of nitrogens with zero attached hydrogens (tertiary/aromatic N) is 2. The van der Waals surface area contributed by atoms with Crippen molar-refractivity contribution in [3.8, 4) is 0 Å². The van der Waals surface area contributed by atoms with E-state index in [1.54, 1.807) is 0 Å². The third-order valence-corrected chi connectivity index (χ3v) is 3.84. The van der Waals surface area contributed by atoms with Gasteiger partial charge in [0, 0.05) is 18.8 Å². The maximum Gasteiger partial charge on any atom is 0.337 e. The number of aromatic nitrogens is 1. The van der Waals surface area contributed by atoms with Crippen molar-refractivity contribution < 1.29 is 9.90 Å². The van der Waals surface area contributed by atoms with Gasteiger partial charge in [-0.2, -0.15) is 0 Å². The van der Waals surface area contributed by atoms with Crippen molar-refractivity contribution in [2.45, 2.75) is 26.3 Å². The van der Waals surface area contributed by atoms with Gasteiger partial charge in [-0.25, -0.2) is 4.79 Å². The minimum Gasteiger partial charge on any atom is -0.478 e. The molecule has 0 saturated carbocycles. The highest BCUT2D eigenvalue weighted by Crippen LogP contribution is 2.18. The molecule has 2 heterocycles. The van der Waals surface area contributed by atoms with Crippen LogP contribution in [0.15, 0.2) is 23.1 Å². The Morgan fingerprint density at radius 3 is 2.63 bits per heavy atom. The normalized spacial score (nSPS) is 17.5. The summed E-state index contributed by atoms with van der Waals surface area (Å²) in [5, 5.41) is 8.95. The van der Waals surface area contributed by atoms with E-state index in [0.717, 1.165) is 32.5 Å². The van der Waals surface area contributed by atoms with E-state index in [1.165, 1.54) is 22.9 Å². The van der Waals surface area contributed by atoms with Crippen LogP contribution in [0.1, 0.15) is 30.1 Å². The van der Waals surface area contributed by atoms with Crippen LogP contribution in [0.25, 0.3) is 0 Å². The van der Waals surface area contributed by atoms with Crippen molar-refractivity contribution in [2.75, 3.05) is 19.6 Å². The predicted molar refractivity (Wildman–Crippen MR) is 72.5 cm³/mol. The minimum absolute atomic E-state index is 0.122. The molecule has 0 aliphatic carbocycles. The molecular formula is C14H20N2O3. The Hall–Kier alpha value is -1.62. The molecule has 0 aromatic carbocycles. The van der Waals surface area contributed by atoms with Crippen molar-refractivity contribution in [1.29, 1.82) is 0 Å². The molecule has 5 heteroatoms. The van der Waals surface area contributed by atoms with Crippen molar-refractivity contribution in [2.24, 2.45) is 5.92 Å². The van der Waals surface area contributed by atoms with Crippen LogP contribution in [0.2, 0.25) is 0 Å². The molecule has 5 nitrogen and oxygen atoms in total. The molecule has 1 aromatic rings. The Labute approximate surface area is 112 Å². The Kier molecular flexibility index (Phi) is 4.37. The van der Waals surface area contributed by atoms with Crippen LogP contribution < -0.4 is 5.56 Å². The van der Waals surface area contributed by atoms with Gasteiger partial charge in [0.05, 0.1) is 5.56 Å². The molecule has 1 aliphatic heterocycles. The fourth-order valence-corrected chi connectivity index (χ4v) is 2.56. The quantitative estimate of drug-likeness (QED) is 0.889. The van der Waals surface area contributed by atoms with E-state index < -0.39 is 5.97 Å². The van der Waals surface area contributed by atoms with E-state index in [9.17, 15) is 9.59 Å². The smallest absolute Gasteiger partial charge is 0.337 e. The third-order valence-electron chi connectivity index (χ3n) is 3.84. The van der Waals surface area contributed by atoms with E-state index in [0.29, 0.717) is 12.5 Å². The first kappa shape index (κ1) is 13.8. The van der Waals surface area contributed by atoms with Crippen LogP contribution in [-0.2, 0) is 6.54 Å². The maximum absolute atomic E-state index is 11.7. The number of piperidine rings is 1. The molecule has 1 N–H and O–H groups in total. The zero-order valence-electron chi connectivity index (χ0n) is 11.2. The van der Waals surface area contributed by atoms with Crippen LogP contribution >= 0.6 is 0 Å². The summed E-state index contributed by atoms with van der Waals surface area (Å²) in [6.07, 6.45) is 3.59. The van der Waals surface area contributed by atoms with E-state index >= 15 is 0 Å². The Bertz CT molecular complexity index is 502. The molecular weight excluding hydrogens is 244 g/mol. The van der Waals surface area contributed by atoms with E-state index in [4.69, 9.17) is 5.11 Å². The van der Waals surface area contributed by atoms with Crippen LogP contribution in [0.4, 0.5) is 0 Å². The van der Waals surface area contributed by atoms with Crippen LogP contribution in [0.5, 0.6) is 0 Å². The average Bonchev–Trinajstić information content (AvgIpc) is 2.42. The van der Waals surface area contributed by atoms with Crippen LogP contribution in [0, 0.1) is 5.92 Å². The first-order valence-corrected chi connectivity index (χ1v) is 6.76. The zero-order chi connectivity index (χ0) is 13.8. The number of hydrogen-bond acceptors (Lipinski definition) is 3. The fourth-order valence-electron chi connectivity index (χ4n) is 2.56. The number of carbonyl (C=O) groups is 1. The van der Waals surface area contributed by atoms with Gasteiger partial charge in [-0.1, -0.05) is 6.92 Å². The molecule has 1 aliphatic rings. The molecule has 0 spiro atoms. The van der Waals surface area contributed by atoms with E-state index in [-0.39, 0.29) is 11.1 Å². The number of rotatable bonds is 4. The van der Waals surface area contributed by atoms with Gasteiger partial charge in [0.2, 0.25) is 0 Å². The predicted octanol–water partition coefficient (Wildman–Crippen LogP) is 1.28. The Morgan fingerprint density at radius 1 is 1.37 bits per heavy atom. The Morgan fingerprint density at radius 2 is 2.05 bits per heavy atom. The topological polar surface area (TPSA) is 62.5 Å². The number of pyridine rings is 1. The lowest BCUT2D eigenvalue weighted by Gasteiger charge is -2.31. The van der Waals surface area contributed by atoms with Gasteiger partial charge >= 0.3 is 5.97 Å². The van der Waals surface area contributed by atoms with Gasteiger partial charge in [0.25, 0.3) is 5.56 Å². The lowest BCUT2D eigenvalue weighted by atomic mass is 9.96. The molecule has 0 bridgehead atoms. The van der Waals surface area contributed by atoms with Crippen molar-refractivity contribution in [3.05, 3.63) is 34.2 Å². The molecule has 1 saturated heterocycles. The van der Waals surface area contributed by atoms with Gasteiger partial charge in [-0.15, -0.1) is 0 Å². The SMILES string of the molecule is CCN1CCC(Cn2cc(C(=O)O)ccc2=O)CC1. The Balaban J connectivity index is 2.05. The third kappa shape index (κ3) is 3.44. The number of carboxylic acids is 1. The standard InChI is InChI=1S/C14H20N2O3/c1-2-15-7-5-11(6-8-15)9-16-10-12(14(18)19)3-4-13(16)17/h3-4,10-11H,2,5-9H2,1H3,(H,18,19). The van der Waals surface area contributed by atoms with Gasteiger partial charge in [-0.05, 0) is 44.5 Å². The molecule has 0 atom stereocenters. The monoisotopic (exact) mass is 264 g/mol. The summed E-state index contributed by atoms with van der Waals surface area (Å²) in [5.41, 5.74) is 0.0496. The van der Waals surface area contributed by atoms with Crippen molar-refractivity contribution >= 4 is 5.97 Å². The lowest BCUT2D eigenvalue weighted by molar-refractivity contribution is 0.0695. The summed E-state index contributed by atoms with van der Waals surface area (Å²) < 4.78 is 1.54. The number of aromatic carboxylic acids is 1. The summed E-state index contributed by atoms with van der Waals surface area (Å²) in [6.45, 7) is 5.98. The summed E-state index contributed by atoms with van der Waals surface area (Å²) in [7, 11) is 0. The molecule has 0 amide bonds. The van der Waals surface area contributed by atoms with E-state index in [2.05, 4.69) is 11.8 Å². The van der Waals surface area contributed by atoms with E-state index in [1.807, 2.05) is 0 Å². The fraction of sp³-hybridized carbons (Fsp3) is 0.571. The minimum atomic E-state index is -0.991. The highest BCUT2D eigenvalue weighted by Gasteiger charge is 2.19. The average molecular weight is 264 g/mol. The van der Waals surface area contributed by atoms with Crippen LogP contribution in [0.3, 0.4) is 0 Å². The lowest BCUT2D eigenvalue weighted by Crippen LogP contribution is -2.36. The maximum atomic E-state index is 11.7. The number of likely N-dealkylation sites (tertiary alicyclic amines) is 1. The van der Waals surface area contributed by atoms with Crippen LogP contribution in [-0.4, -0.2) is 40.2 Å². The van der Waals surface area contributed by atoms with Crippen molar-refractivity contribution in [3.63, 3.8) is 0 Å². The molecule has 19 heavy (non-hydrogen) atoms. The second-order valence-corrected chi connectivity index (χ2v) is 5.09. The summed E-state index contributed by atoms with van der Waals surface area (Å²) in [4.78, 5) is 25.1. The molecule has 0 radical (unpaired) electrons. The zero-order valence-corrected chi connectivity index (χ0v) is 11.2. The second kappa shape index (κ2) is 6.02. The highest BCUT2D eigenvalue weighted by atomic mass is 16.4. The summed E-state index contributed by atoms with van der Waals surface area (Å²) in [6, 6.07) is 2.70. The molecule has 104 valence electrons. The molecule has 2 rings (SSSR count). The number of carboxylic acid groups (broad SMARTS) is 1. The van der Waals surface area contributed by atoms with Gasteiger partial charge < -0.3 is 14.6 Å². The van der Waals surface area contributed by atoms with Gasteiger partial charge in [-0.3, -0.25) is 4.79 Å². The first-order valence-electron chi connectivity index (χ1n) is 6.76. The first-order chi connectivity index (χ1) is 9.10. The van der Waals surface area contributed by atoms with Gasteiger partial charge in [0.15, 0.2) is 0 Å². The summed E-state index contributed by atoms with van der Waals surface area (Å²) in [5.74, 6) is -0.529. The van der Waals surface area contributed by atoms with Crippen molar-refractivity contribution in [1.82, 2.24) is 9.47 Å². The largest absolute Gasteiger partial charge is 0.478 e. The molecule has 1 fully saturated rings. The molecule has 0 unspecified atom stereocenters. The second-order valence-electron chi connectivity index (χ2n) is 5.09. The molecule has 1 aromatic heterocycles. The summed E-state index contributed by atoms with van der Waals surface area (Å²) >= 11 is 0.